The highest BCUT2D eigenvalue weighted by atomic mass is 16.5. The molecule has 0 aliphatic heterocycles. The molecule has 1 N–H and O–H groups in total. The Morgan fingerprint density at radius 1 is 1.33 bits per heavy atom. The summed E-state index contributed by atoms with van der Waals surface area (Å²) >= 11 is 0. The molecule has 2 rings (SSSR count). The Morgan fingerprint density at radius 2 is 2.14 bits per heavy atom. The second-order valence-electron chi connectivity index (χ2n) is 5.51. The van der Waals surface area contributed by atoms with Gasteiger partial charge in [0.15, 0.2) is 0 Å². The lowest BCUT2D eigenvalue weighted by atomic mass is 10.2. The first-order valence-electron chi connectivity index (χ1n) is 7.37. The Kier molecular flexibility index (Phi) is 5.33. The summed E-state index contributed by atoms with van der Waals surface area (Å²) in [5, 5.41) is 17.5. The molecule has 0 saturated heterocycles. The van der Waals surface area contributed by atoms with E-state index in [4.69, 9.17) is 4.74 Å². The van der Waals surface area contributed by atoms with E-state index >= 15 is 0 Å². The summed E-state index contributed by atoms with van der Waals surface area (Å²) in [6, 6.07) is 8.05. The zero-order valence-corrected chi connectivity index (χ0v) is 12.9. The minimum absolute atomic E-state index is 0.119. The summed E-state index contributed by atoms with van der Waals surface area (Å²) in [6.07, 6.45) is 0.978. The lowest BCUT2D eigenvalue weighted by Crippen LogP contribution is -2.12. The standard InChI is InChI=1S/C16H23N3O2/c1-4-13-6-5-7-14(8-13)21-11-16-15(10-20)17-18-19(16)9-12(2)3/h5-8,12,20H,4,9-11H2,1-3H3. The predicted octanol–water partition coefficient (Wildman–Crippen LogP) is 2.57. The molecule has 1 heterocycles. The summed E-state index contributed by atoms with van der Waals surface area (Å²) in [6.45, 7) is 7.37. The number of aliphatic hydroxyl groups excluding tert-OH is 1. The number of hydrogen-bond acceptors (Lipinski definition) is 4. The van der Waals surface area contributed by atoms with Gasteiger partial charge in [-0.15, -0.1) is 5.10 Å². The molecule has 0 atom stereocenters. The largest absolute Gasteiger partial charge is 0.487 e. The highest BCUT2D eigenvalue weighted by molar-refractivity contribution is 5.28. The van der Waals surface area contributed by atoms with Crippen LogP contribution in [-0.2, 0) is 26.2 Å². The molecule has 5 heteroatoms. The molecule has 0 unspecified atom stereocenters. The van der Waals surface area contributed by atoms with Crippen LogP contribution in [0.15, 0.2) is 24.3 Å². The molecule has 1 aromatic heterocycles. The summed E-state index contributed by atoms with van der Waals surface area (Å²) in [5.41, 5.74) is 2.67. The van der Waals surface area contributed by atoms with E-state index in [9.17, 15) is 5.11 Å². The van der Waals surface area contributed by atoms with Gasteiger partial charge in [0.25, 0.3) is 0 Å². The van der Waals surface area contributed by atoms with Crippen LogP contribution in [0.4, 0.5) is 0 Å². The van der Waals surface area contributed by atoms with E-state index in [0.717, 1.165) is 24.4 Å². The van der Waals surface area contributed by atoms with Crippen LogP contribution < -0.4 is 4.74 Å². The number of hydrogen-bond donors (Lipinski definition) is 1. The molecular weight excluding hydrogens is 266 g/mol. The molecule has 0 saturated carbocycles. The minimum atomic E-state index is -0.119. The number of aromatic nitrogens is 3. The average molecular weight is 289 g/mol. The number of aliphatic hydroxyl groups is 1. The van der Waals surface area contributed by atoms with Gasteiger partial charge >= 0.3 is 0 Å². The Hall–Kier alpha value is -1.88. The number of nitrogens with zero attached hydrogens (tertiary/aromatic N) is 3. The van der Waals surface area contributed by atoms with E-state index in [0.29, 0.717) is 18.2 Å². The smallest absolute Gasteiger partial charge is 0.132 e. The highest BCUT2D eigenvalue weighted by Gasteiger charge is 2.14. The molecule has 0 spiro atoms. The lowest BCUT2D eigenvalue weighted by molar-refractivity contribution is 0.260. The second kappa shape index (κ2) is 7.22. The number of ether oxygens (including phenoxy) is 1. The predicted molar refractivity (Wildman–Crippen MR) is 80.9 cm³/mol. The second-order valence-corrected chi connectivity index (χ2v) is 5.51. The minimum Gasteiger partial charge on any atom is -0.487 e. The molecule has 0 aliphatic carbocycles. The third kappa shape index (κ3) is 4.04. The third-order valence-electron chi connectivity index (χ3n) is 3.29. The maximum Gasteiger partial charge on any atom is 0.132 e. The fraction of sp³-hybridized carbons (Fsp3) is 0.500. The molecule has 0 radical (unpaired) electrons. The maximum absolute atomic E-state index is 9.37. The van der Waals surface area contributed by atoms with Crippen molar-refractivity contribution in [3.63, 3.8) is 0 Å². The topological polar surface area (TPSA) is 60.2 Å². The summed E-state index contributed by atoms with van der Waals surface area (Å²) in [5.74, 6) is 1.29. The van der Waals surface area contributed by atoms with Gasteiger partial charge in [-0.25, -0.2) is 4.68 Å². The number of aryl methyl sites for hydroxylation is 1. The molecule has 2 aromatic rings. The van der Waals surface area contributed by atoms with Gasteiger partial charge in [-0.05, 0) is 30.0 Å². The van der Waals surface area contributed by atoms with E-state index in [1.807, 2.05) is 22.9 Å². The lowest BCUT2D eigenvalue weighted by Gasteiger charge is -2.11. The monoisotopic (exact) mass is 289 g/mol. The summed E-state index contributed by atoms with van der Waals surface area (Å²) in [4.78, 5) is 0. The van der Waals surface area contributed by atoms with Gasteiger partial charge in [-0.3, -0.25) is 0 Å². The summed E-state index contributed by atoms with van der Waals surface area (Å²) < 4.78 is 7.67. The van der Waals surface area contributed by atoms with Crippen molar-refractivity contribution >= 4 is 0 Å². The molecule has 21 heavy (non-hydrogen) atoms. The number of benzene rings is 1. The van der Waals surface area contributed by atoms with Crippen LogP contribution in [0.25, 0.3) is 0 Å². The summed E-state index contributed by atoms with van der Waals surface area (Å²) in [7, 11) is 0. The Morgan fingerprint density at radius 3 is 2.81 bits per heavy atom. The SMILES string of the molecule is CCc1cccc(OCc2c(CO)nnn2CC(C)C)c1. The normalized spacial score (nSPS) is 11.1. The van der Waals surface area contributed by atoms with Gasteiger partial charge < -0.3 is 9.84 Å². The van der Waals surface area contributed by atoms with Crippen molar-refractivity contribution in [1.82, 2.24) is 15.0 Å². The zero-order chi connectivity index (χ0) is 15.2. The van der Waals surface area contributed by atoms with Crippen molar-refractivity contribution in [3.8, 4) is 5.75 Å². The van der Waals surface area contributed by atoms with Gasteiger partial charge in [0.2, 0.25) is 0 Å². The molecule has 114 valence electrons. The molecule has 5 nitrogen and oxygen atoms in total. The zero-order valence-electron chi connectivity index (χ0n) is 12.9. The maximum atomic E-state index is 9.37. The average Bonchev–Trinajstić information content (AvgIpc) is 2.86. The van der Waals surface area contributed by atoms with Crippen LogP contribution in [0.1, 0.15) is 37.7 Å². The van der Waals surface area contributed by atoms with E-state index in [-0.39, 0.29) is 6.61 Å². The van der Waals surface area contributed by atoms with Crippen molar-refractivity contribution in [3.05, 3.63) is 41.2 Å². The van der Waals surface area contributed by atoms with Crippen LogP contribution in [-0.4, -0.2) is 20.1 Å². The fourth-order valence-corrected chi connectivity index (χ4v) is 2.15. The Labute approximate surface area is 125 Å². The van der Waals surface area contributed by atoms with Crippen molar-refractivity contribution in [2.24, 2.45) is 5.92 Å². The van der Waals surface area contributed by atoms with E-state index in [1.54, 1.807) is 0 Å². The molecule has 1 aromatic carbocycles. The molecule has 0 bridgehead atoms. The van der Waals surface area contributed by atoms with Crippen LogP contribution in [0.2, 0.25) is 0 Å². The Bertz CT molecular complexity index is 579. The van der Waals surface area contributed by atoms with Gasteiger partial charge in [0, 0.05) is 6.54 Å². The van der Waals surface area contributed by atoms with Gasteiger partial charge in [-0.2, -0.15) is 0 Å². The first-order valence-corrected chi connectivity index (χ1v) is 7.37. The quantitative estimate of drug-likeness (QED) is 0.851. The van der Waals surface area contributed by atoms with Gasteiger partial charge in [0.05, 0.1) is 6.61 Å². The van der Waals surface area contributed by atoms with Crippen LogP contribution in [0.5, 0.6) is 5.75 Å². The highest BCUT2D eigenvalue weighted by Crippen LogP contribution is 2.17. The first-order chi connectivity index (χ1) is 10.1. The molecule has 0 aliphatic rings. The van der Waals surface area contributed by atoms with Gasteiger partial charge in [0.1, 0.15) is 23.7 Å². The van der Waals surface area contributed by atoms with Crippen LogP contribution in [0.3, 0.4) is 0 Å². The van der Waals surface area contributed by atoms with Crippen molar-refractivity contribution in [2.75, 3.05) is 0 Å². The van der Waals surface area contributed by atoms with E-state index in [2.05, 4.69) is 37.1 Å². The van der Waals surface area contributed by atoms with Crippen molar-refractivity contribution in [2.45, 2.75) is 47.0 Å². The first kappa shape index (κ1) is 15.5. The fourth-order valence-electron chi connectivity index (χ4n) is 2.15. The van der Waals surface area contributed by atoms with Gasteiger partial charge in [-0.1, -0.05) is 38.1 Å². The van der Waals surface area contributed by atoms with Crippen molar-refractivity contribution < 1.29 is 9.84 Å². The molecule has 0 amide bonds. The number of rotatable bonds is 7. The third-order valence-corrected chi connectivity index (χ3v) is 3.29. The molecule has 0 fully saturated rings. The van der Waals surface area contributed by atoms with Crippen LogP contribution in [0, 0.1) is 5.92 Å². The van der Waals surface area contributed by atoms with Crippen LogP contribution >= 0.6 is 0 Å². The molecular formula is C16H23N3O2. The Balaban J connectivity index is 2.12. The van der Waals surface area contributed by atoms with E-state index < -0.39 is 0 Å². The van der Waals surface area contributed by atoms with E-state index in [1.165, 1.54) is 5.56 Å². The van der Waals surface area contributed by atoms with Crippen molar-refractivity contribution in [1.29, 1.82) is 0 Å².